The highest BCUT2D eigenvalue weighted by molar-refractivity contribution is 7.92. The van der Waals surface area contributed by atoms with Crippen molar-refractivity contribution in [2.24, 2.45) is 0 Å². The Morgan fingerprint density at radius 1 is 0.809 bits per heavy atom. The lowest BCUT2D eigenvalue weighted by Gasteiger charge is -2.34. The molecule has 7 nitrogen and oxygen atoms in total. The average Bonchev–Trinajstić information content (AvgIpc) is 3.03. The SMILES string of the molecule is CCC(C)NC(=O)C(Cc1ccccc1)N(Cc1ccc(Cl)c(Cl)c1)C(=O)CN(c1cc(Cl)cc(Cl)c1)S(=O)(=O)c1ccc(C)cc1. The van der Waals surface area contributed by atoms with Crippen LogP contribution in [0, 0.1) is 6.92 Å². The molecule has 4 aromatic rings. The van der Waals surface area contributed by atoms with Crippen LogP contribution in [0.25, 0.3) is 0 Å². The first-order chi connectivity index (χ1) is 22.3. The summed E-state index contributed by atoms with van der Waals surface area (Å²) in [7, 11) is -4.32. The minimum atomic E-state index is -4.32. The molecule has 0 heterocycles. The van der Waals surface area contributed by atoms with Gasteiger partial charge in [-0.25, -0.2) is 8.42 Å². The first kappa shape index (κ1) is 36.6. The summed E-state index contributed by atoms with van der Waals surface area (Å²) >= 11 is 25.1. The number of sulfonamides is 1. The molecule has 47 heavy (non-hydrogen) atoms. The van der Waals surface area contributed by atoms with Crippen molar-refractivity contribution >= 4 is 73.9 Å². The van der Waals surface area contributed by atoms with Crippen molar-refractivity contribution in [2.45, 2.75) is 57.1 Å². The van der Waals surface area contributed by atoms with Crippen molar-refractivity contribution in [3.8, 4) is 0 Å². The summed E-state index contributed by atoms with van der Waals surface area (Å²) in [6.07, 6.45) is 0.840. The van der Waals surface area contributed by atoms with Gasteiger partial charge >= 0.3 is 0 Å². The van der Waals surface area contributed by atoms with Crippen LogP contribution in [-0.4, -0.2) is 43.8 Å². The summed E-state index contributed by atoms with van der Waals surface area (Å²) in [6.45, 7) is 4.94. The molecule has 2 amide bonds. The van der Waals surface area contributed by atoms with Crippen molar-refractivity contribution in [3.05, 3.63) is 128 Å². The second-order valence-electron chi connectivity index (χ2n) is 11.2. The van der Waals surface area contributed by atoms with E-state index in [2.05, 4.69) is 5.32 Å². The van der Waals surface area contributed by atoms with Crippen molar-refractivity contribution in [2.75, 3.05) is 10.8 Å². The zero-order chi connectivity index (χ0) is 34.3. The Hall–Kier alpha value is -3.27. The molecule has 0 aliphatic rings. The number of hydrogen-bond acceptors (Lipinski definition) is 4. The largest absolute Gasteiger partial charge is 0.352 e. The average molecular weight is 736 g/mol. The molecule has 1 N–H and O–H groups in total. The van der Waals surface area contributed by atoms with Crippen LogP contribution in [0.1, 0.15) is 37.0 Å². The fraction of sp³-hybridized carbons (Fsp3) is 0.257. The van der Waals surface area contributed by atoms with Crippen LogP contribution in [0.2, 0.25) is 20.1 Å². The van der Waals surface area contributed by atoms with E-state index in [0.717, 1.165) is 15.4 Å². The van der Waals surface area contributed by atoms with Crippen LogP contribution in [0.5, 0.6) is 0 Å². The first-order valence-corrected chi connectivity index (χ1v) is 17.9. The van der Waals surface area contributed by atoms with Crippen molar-refractivity contribution in [1.29, 1.82) is 0 Å². The van der Waals surface area contributed by atoms with E-state index in [1.54, 1.807) is 30.3 Å². The first-order valence-electron chi connectivity index (χ1n) is 14.9. The number of rotatable bonds is 13. The smallest absolute Gasteiger partial charge is 0.264 e. The molecule has 0 aromatic heterocycles. The van der Waals surface area contributed by atoms with Gasteiger partial charge in [0, 0.05) is 29.1 Å². The predicted octanol–water partition coefficient (Wildman–Crippen LogP) is 8.36. The zero-order valence-electron chi connectivity index (χ0n) is 26.1. The minimum absolute atomic E-state index is 0.0293. The maximum atomic E-state index is 14.6. The lowest BCUT2D eigenvalue weighted by molar-refractivity contribution is -0.140. The lowest BCUT2D eigenvalue weighted by atomic mass is 10.0. The second kappa shape index (κ2) is 16.2. The van der Waals surface area contributed by atoms with Crippen LogP contribution in [0.15, 0.2) is 95.9 Å². The Morgan fingerprint density at radius 3 is 2.04 bits per heavy atom. The van der Waals surface area contributed by atoms with Gasteiger partial charge in [0.2, 0.25) is 11.8 Å². The zero-order valence-corrected chi connectivity index (χ0v) is 29.9. The molecule has 248 valence electrons. The van der Waals surface area contributed by atoms with Crippen molar-refractivity contribution in [3.63, 3.8) is 0 Å². The number of aryl methyl sites for hydroxylation is 1. The molecule has 4 rings (SSSR count). The number of benzene rings is 4. The summed E-state index contributed by atoms with van der Waals surface area (Å²) < 4.78 is 29.4. The molecule has 0 bridgehead atoms. The van der Waals surface area contributed by atoms with E-state index in [1.165, 1.54) is 35.2 Å². The Kier molecular flexibility index (Phi) is 12.6. The molecule has 4 aromatic carbocycles. The van der Waals surface area contributed by atoms with Crippen LogP contribution in [0.4, 0.5) is 5.69 Å². The second-order valence-corrected chi connectivity index (χ2v) is 14.8. The van der Waals surface area contributed by atoms with E-state index < -0.39 is 28.5 Å². The Labute approximate surface area is 296 Å². The fourth-order valence-corrected chi connectivity index (χ4v) is 7.11. The maximum absolute atomic E-state index is 14.6. The Bertz CT molecular complexity index is 1800. The van der Waals surface area contributed by atoms with Crippen LogP contribution >= 0.6 is 46.4 Å². The van der Waals surface area contributed by atoms with Gasteiger partial charge in [-0.2, -0.15) is 0 Å². The summed E-state index contributed by atoms with van der Waals surface area (Å²) in [6, 6.07) is 23.6. The number of anilines is 1. The third-order valence-electron chi connectivity index (χ3n) is 7.63. The number of carbonyl (C=O) groups excluding carboxylic acids is 2. The molecular weight excluding hydrogens is 700 g/mol. The van der Waals surface area contributed by atoms with Crippen molar-refractivity contribution < 1.29 is 18.0 Å². The highest BCUT2D eigenvalue weighted by Gasteiger charge is 2.35. The maximum Gasteiger partial charge on any atom is 0.264 e. The van der Waals surface area contributed by atoms with E-state index in [0.29, 0.717) is 17.0 Å². The molecule has 2 atom stereocenters. The van der Waals surface area contributed by atoms with E-state index in [9.17, 15) is 18.0 Å². The molecule has 0 fully saturated rings. The summed E-state index contributed by atoms with van der Waals surface area (Å²) in [5.41, 5.74) is 2.37. The molecule has 0 spiro atoms. The van der Waals surface area contributed by atoms with Crippen LogP contribution in [0.3, 0.4) is 0 Å². The van der Waals surface area contributed by atoms with Gasteiger partial charge in [-0.15, -0.1) is 0 Å². The monoisotopic (exact) mass is 733 g/mol. The third kappa shape index (κ3) is 9.64. The number of halogens is 4. The van der Waals surface area contributed by atoms with Crippen LogP contribution < -0.4 is 9.62 Å². The Morgan fingerprint density at radius 2 is 1.45 bits per heavy atom. The van der Waals surface area contributed by atoms with Gasteiger partial charge in [0.25, 0.3) is 10.0 Å². The Balaban J connectivity index is 1.85. The van der Waals surface area contributed by atoms with Crippen LogP contribution in [-0.2, 0) is 32.6 Å². The molecule has 0 saturated carbocycles. The van der Waals surface area contributed by atoms with Gasteiger partial charge in [-0.3, -0.25) is 13.9 Å². The number of carbonyl (C=O) groups is 2. The van der Waals surface area contributed by atoms with E-state index in [1.807, 2.05) is 51.1 Å². The third-order valence-corrected chi connectivity index (χ3v) is 10.6. The molecule has 0 aliphatic heterocycles. The lowest BCUT2D eigenvalue weighted by Crippen LogP contribution is -2.54. The molecular formula is C35H35Cl4N3O4S. The van der Waals surface area contributed by atoms with Gasteiger partial charge in [0.15, 0.2) is 0 Å². The minimum Gasteiger partial charge on any atom is -0.352 e. The van der Waals surface area contributed by atoms with Gasteiger partial charge in [0.1, 0.15) is 12.6 Å². The number of amides is 2. The molecule has 0 radical (unpaired) electrons. The van der Waals surface area contributed by atoms with E-state index in [-0.39, 0.29) is 50.6 Å². The normalized spacial score (nSPS) is 12.7. The van der Waals surface area contributed by atoms with Gasteiger partial charge in [-0.05, 0) is 73.9 Å². The highest BCUT2D eigenvalue weighted by Crippen LogP contribution is 2.31. The summed E-state index contributed by atoms with van der Waals surface area (Å²) in [5.74, 6) is -1.02. The standard InChI is InChI=1S/C35H35Cl4N3O4S/c1-4-24(3)40-35(44)33(17-25-8-6-5-7-9-25)41(21-26-12-15-31(38)32(39)16-26)34(43)22-42(29-19-27(36)18-28(37)20-29)47(45,46)30-13-10-23(2)11-14-30/h5-16,18-20,24,33H,4,17,21-22H2,1-3H3,(H,40,44). The van der Waals surface area contributed by atoms with Gasteiger partial charge < -0.3 is 10.2 Å². The fourth-order valence-electron chi connectivity index (χ4n) is 4.88. The predicted molar refractivity (Wildman–Crippen MR) is 191 cm³/mol. The van der Waals surface area contributed by atoms with E-state index in [4.69, 9.17) is 46.4 Å². The van der Waals surface area contributed by atoms with Gasteiger partial charge in [-0.1, -0.05) is 107 Å². The molecule has 2 unspecified atom stereocenters. The van der Waals surface area contributed by atoms with E-state index >= 15 is 0 Å². The summed E-state index contributed by atoms with van der Waals surface area (Å²) in [4.78, 5) is 29.9. The highest BCUT2D eigenvalue weighted by atomic mass is 35.5. The van der Waals surface area contributed by atoms with Crippen molar-refractivity contribution in [1.82, 2.24) is 10.2 Å². The molecule has 0 saturated heterocycles. The van der Waals surface area contributed by atoms with Gasteiger partial charge in [0.05, 0.1) is 20.6 Å². The summed E-state index contributed by atoms with van der Waals surface area (Å²) in [5, 5.41) is 3.99. The molecule has 0 aliphatic carbocycles. The number of hydrogen-bond donors (Lipinski definition) is 1. The number of nitrogens with one attached hydrogen (secondary N) is 1. The molecule has 12 heteroatoms. The quantitative estimate of drug-likeness (QED) is 0.150. The topological polar surface area (TPSA) is 86.8 Å². The number of nitrogens with zero attached hydrogens (tertiary/aromatic N) is 2.